The first-order valence-electron chi connectivity index (χ1n) is 11.9. The van der Waals surface area contributed by atoms with Crippen molar-refractivity contribution in [3.8, 4) is 0 Å². The molecule has 6 heteroatoms. The molecule has 1 unspecified atom stereocenters. The molecule has 0 spiro atoms. The summed E-state index contributed by atoms with van der Waals surface area (Å²) < 4.78 is 87.7. The van der Waals surface area contributed by atoms with E-state index in [9.17, 15) is 17.8 Å². The summed E-state index contributed by atoms with van der Waals surface area (Å²) in [6.45, 7) is 3.68. The first-order valence-corrected chi connectivity index (χ1v) is 10.2. The molecule has 3 fully saturated rings. The summed E-state index contributed by atoms with van der Waals surface area (Å²) in [6, 6.07) is -0.0903. The molecule has 0 bridgehead atoms. The van der Waals surface area contributed by atoms with Crippen molar-refractivity contribution in [3.05, 3.63) is 11.6 Å². The van der Waals surface area contributed by atoms with Gasteiger partial charge in [0.25, 0.3) is 0 Å². The van der Waals surface area contributed by atoms with Crippen LogP contribution in [0.1, 0.15) is 66.9 Å². The van der Waals surface area contributed by atoms with Crippen molar-refractivity contribution in [2.45, 2.75) is 64.8 Å². The zero-order valence-electron chi connectivity index (χ0n) is 20.4. The number of Topliss-reactive ketones (excluding diaryl/α,β-unsaturated/α-hetero) is 1. The van der Waals surface area contributed by atoms with Crippen molar-refractivity contribution in [3.63, 3.8) is 0 Å². The molecule has 0 aromatic carbocycles. The van der Waals surface area contributed by atoms with Gasteiger partial charge in [-0.3, -0.25) is 9.35 Å². The standard InChI is InChI=1S/C19H28O5S/c1-11-9-16-14(15-5-6-17(20)18(11)15)4-3-12-10-13(24-25(21,22)23)7-8-19(12,16)2/h3,11,13-16,18H,4-10H2,1-2H3,(H,21,22,23)/t11-,13+,14+,15+,16+,18?,19+/m1/s1/i3D,7D2,10D2,13D. The smallest absolute Gasteiger partial charge is 0.299 e. The third-order valence-corrected chi connectivity index (χ3v) is 7.19. The van der Waals surface area contributed by atoms with Crippen LogP contribution in [-0.4, -0.2) is 24.8 Å². The maximum absolute atomic E-state index is 12.5. The van der Waals surface area contributed by atoms with Crippen molar-refractivity contribution in [1.29, 1.82) is 0 Å². The molecule has 0 heterocycles. The van der Waals surface area contributed by atoms with Gasteiger partial charge in [0, 0.05) is 17.8 Å². The lowest BCUT2D eigenvalue weighted by atomic mass is 9.49. The lowest BCUT2D eigenvalue weighted by Crippen LogP contribution is -2.50. The maximum Gasteiger partial charge on any atom is 0.397 e. The van der Waals surface area contributed by atoms with Crippen LogP contribution in [0, 0.1) is 35.0 Å². The van der Waals surface area contributed by atoms with Crippen molar-refractivity contribution < 1.29 is 30.2 Å². The molecule has 3 saturated carbocycles. The van der Waals surface area contributed by atoms with Gasteiger partial charge in [-0.15, -0.1) is 0 Å². The first kappa shape index (κ1) is 11.9. The van der Waals surface area contributed by atoms with Crippen molar-refractivity contribution in [2.24, 2.45) is 35.0 Å². The third-order valence-electron chi connectivity index (χ3n) is 6.81. The Morgan fingerprint density at radius 3 is 2.96 bits per heavy atom. The molecule has 0 aromatic rings. The number of rotatable bonds is 2. The number of fused-ring (bicyclic) bond motifs is 5. The number of carbonyl (C=O) groups excluding carboxylic acids is 1. The fourth-order valence-corrected chi connectivity index (χ4v) is 6.06. The molecule has 0 saturated heterocycles. The number of allylic oxidation sites excluding steroid dienone is 1. The van der Waals surface area contributed by atoms with Crippen LogP contribution in [0.5, 0.6) is 0 Å². The van der Waals surface area contributed by atoms with E-state index >= 15 is 0 Å². The Morgan fingerprint density at radius 1 is 1.48 bits per heavy atom. The second-order valence-electron chi connectivity index (χ2n) is 8.17. The van der Waals surface area contributed by atoms with Crippen LogP contribution in [-0.2, 0) is 19.4 Å². The van der Waals surface area contributed by atoms with Gasteiger partial charge < -0.3 is 0 Å². The average Bonchev–Trinajstić information content (AvgIpc) is 2.95. The van der Waals surface area contributed by atoms with Crippen LogP contribution in [0.4, 0.5) is 0 Å². The highest BCUT2D eigenvalue weighted by Crippen LogP contribution is 2.62. The number of carbonyl (C=O) groups is 1. The van der Waals surface area contributed by atoms with Gasteiger partial charge in [0.05, 0.1) is 8.82 Å². The SMILES string of the molecule is [2H]C1=C2C([2H])([2H])[C@@]([2H])(OS(=O)(=O)O)C([2H])([2H])C[C@]2(C)[C@H]2C[C@@H](C)C3C(=O)CC[C@H]3[C@@H]2C1. The van der Waals surface area contributed by atoms with Gasteiger partial charge in [-0.1, -0.05) is 25.5 Å². The summed E-state index contributed by atoms with van der Waals surface area (Å²) in [5.74, 6) is -0.0353. The largest absolute Gasteiger partial charge is 0.397 e. The highest BCUT2D eigenvalue weighted by Gasteiger charge is 2.56. The number of hydrogen-bond donors (Lipinski definition) is 1. The lowest BCUT2D eigenvalue weighted by Gasteiger charge is -2.56. The predicted molar refractivity (Wildman–Crippen MR) is 93.1 cm³/mol. The quantitative estimate of drug-likeness (QED) is 0.590. The Hall–Kier alpha value is -0.720. The summed E-state index contributed by atoms with van der Waals surface area (Å²) in [5.41, 5.74) is -1.27. The fourth-order valence-electron chi connectivity index (χ4n) is 5.75. The fraction of sp³-hybridized carbons (Fsp3) is 0.842. The minimum absolute atomic E-state index is 0.0418. The Morgan fingerprint density at radius 2 is 2.24 bits per heavy atom. The number of ketones is 1. The van der Waals surface area contributed by atoms with E-state index in [4.69, 9.17) is 8.22 Å². The molecule has 4 aliphatic carbocycles. The molecule has 0 radical (unpaired) electrons. The van der Waals surface area contributed by atoms with Crippen molar-refractivity contribution >= 4 is 16.2 Å². The van der Waals surface area contributed by atoms with E-state index in [1.54, 1.807) is 6.92 Å². The summed E-state index contributed by atoms with van der Waals surface area (Å²) in [5, 5.41) is 0. The summed E-state index contributed by atoms with van der Waals surface area (Å²) >= 11 is 0. The van der Waals surface area contributed by atoms with Gasteiger partial charge in [0.15, 0.2) is 0 Å². The molecule has 4 rings (SSSR count). The highest BCUT2D eigenvalue weighted by atomic mass is 32.3. The van der Waals surface area contributed by atoms with E-state index in [2.05, 4.69) is 4.18 Å². The second-order valence-corrected chi connectivity index (χ2v) is 9.19. The molecular weight excluding hydrogens is 340 g/mol. The van der Waals surface area contributed by atoms with Crippen LogP contribution >= 0.6 is 0 Å². The molecule has 5 nitrogen and oxygen atoms in total. The predicted octanol–water partition coefficient (Wildman–Crippen LogP) is 3.56. The average molecular weight is 375 g/mol. The van der Waals surface area contributed by atoms with Crippen LogP contribution in [0.2, 0.25) is 0 Å². The van der Waals surface area contributed by atoms with Crippen LogP contribution in [0.25, 0.3) is 0 Å². The zero-order chi connectivity index (χ0) is 23.4. The number of hydrogen-bond acceptors (Lipinski definition) is 4. The summed E-state index contributed by atoms with van der Waals surface area (Å²) in [7, 11) is -5.34. The van der Waals surface area contributed by atoms with Gasteiger partial charge in [-0.2, -0.15) is 8.42 Å². The second kappa shape index (κ2) is 5.89. The van der Waals surface area contributed by atoms with Gasteiger partial charge >= 0.3 is 10.4 Å². The van der Waals surface area contributed by atoms with E-state index in [1.807, 2.05) is 6.92 Å². The molecule has 25 heavy (non-hydrogen) atoms. The minimum atomic E-state index is -5.34. The Labute approximate surface area is 158 Å². The van der Waals surface area contributed by atoms with E-state index in [-0.39, 0.29) is 53.4 Å². The van der Waals surface area contributed by atoms with Gasteiger partial charge in [0.1, 0.15) is 5.78 Å². The van der Waals surface area contributed by atoms with E-state index in [0.717, 1.165) is 0 Å². The van der Waals surface area contributed by atoms with Crippen LogP contribution < -0.4 is 0 Å². The summed E-state index contributed by atoms with van der Waals surface area (Å²) in [4.78, 5) is 12.5. The van der Waals surface area contributed by atoms with Gasteiger partial charge in [-0.05, 0) is 67.5 Å². The van der Waals surface area contributed by atoms with Gasteiger partial charge in [0.2, 0.25) is 0 Å². The Kier molecular flexibility index (Phi) is 2.80. The van der Waals surface area contributed by atoms with E-state index in [0.29, 0.717) is 19.3 Å². The molecule has 1 N–H and O–H groups in total. The Bertz CT molecular complexity index is 965. The van der Waals surface area contributed by atoms with Crippen molar-refractivity contribution in [1.82, 2.24) is 0 Å². The van der Waals surface area contributed by atoms with E-state index in [1.165, 1.54) is 0 Å². The first-order chi connectivity index (χ1) is 14.0. The molecule has 140 valence electrons. The van der Waals surface area contributed by atoms with Gasteiger partial charge in [-0.25, -0.2) is 4.18 Å². The van der Waals surface area contributed by atoms with E-state index < -0.39 is 41.1 Å². The van der Waals surface area contributed by atoms with Crippen LogP contribution in [0.15, 0.2) is 11.6 Å². The maximum atomic E-state index is 12.5. The Balaban J connectivity index is 1.88. The molecule has 7 atom stereocenters. The normalized spacial score (nSPS) is 57.7. The molecule has 0 aromatic heterocycles. The molecule has 0 aliphatic heterocycles. The molecule has 0 amide bonds. The third kappa shape index (κ3) is 2.90. The summed E-state index contributed by atoms with van der Waals surface area (Å²) in [6.07, 6.45) is -7.50. The zero-order valence-corrected chi connectivity index (χ0v) is 15.2. The van der Waals surface area contributed by atoms with Crippen molar-refractivity contribution in [2.75, 3.05) is 0 Å². The highest BCUT2D eigenvalue weighted by molar-refractivity contribution is 7.80. The monoisotopic (exact) mass is 374 g/mol. The van der Waals surface area contributed by atoms with Crippen LogP contribution in [0.3, 0.4) is 0 Å². The minimum Gasteiger partial charge on any atom is -0.299 e. The molecular formula is C19H28O5S. The molecule has 4 aliphatic rings. The lowest BCUT2D eigenvalue weighted by molar-refractivity contribution is -0.126. The topological polar surface area (TPSA) is 80.7 Å².